The van der Waals surface area contributed by atoms with Gasteiger partial charge < -0.3 is 23.4 Å². The second kappa shape index (κ2) is 11.3. The first-order chi connectivity index (χ1) is 18.1. The second-order valence-electron chi connectivity index (χ2n) is 8.44. The number of benzene rings is 1. The molecule has 0 bridgehead atoms. The van der Waals surface area contributed by atoms with Gasteiger partial charge in [-0.2, -0.15) is 0 Å². The topological polar surface area (TPSA) is 158 Å². The Kier molecular flexibility index (Phi) is 7.86. The molecular formula is C25H25N3O10. The highest BCUT2D eigenvalue weighted by atomic mass is 16.7. The first-order valence-corrected chi connectivity index (χ1v) is 11.6. The smallest absolute Gasteiger partial charge is 0.333 e. The van der Waals surface area contributed by atoms with E-state index in [9.17, 15) is 24.0 Å². The highest BCUT2D eigenvalue weighted by Crippen LogP contribution is 2.33. The van der Waals surface area contributed by atoms with Gasteiger partial charge in [-0.25, -0.2) is 9.78 Å². The van der Waals surface area contributed by atoms with Crippen molar-refractivity contribution in [3.63, 3.8) is 0 Å². The number of hydrogen-bond donors (Lipinski definition) is 0. The average Bonchev–Trinajstić information content (AvgIpc) is 3.46. The number of carbonyl (C=O) groups is 3. The standard InChI is InChI=1S/C25H25N3O10/c1-14(29)34-13-19-21(35-15(2)30)22(36-16(3)31)24(38-19)27-10-9-20(32)28(25(27)33)12-18-11-26-23(37-18)17-7-5-4-6-8-17/h4-11,19,21-22,24H,12-13H2,1-3H3/t19-,21+,22-,24-/m1/s1. The van der Waals surface area contributed by atoms with Gasteiger partial charge in [0.05, 0.1) is 12.7 Å². The molecule has 4 atom stereocenters. The summed E-state index contributed by atoms with van der Waals surface area (Å²) in [5.41, 5.74) is -0.721. The van der Waals surface area contributed by atoms with Gasteiger partial charge in [0.15, 0.2) is 18.4 Å². The van der Waals surface area contributed by atoms with Crippen molar-refractivity contribution in [1.29, 1.82) is 0 Å². The van der Waals surface area contributed by atoms with Crippen molar-refractivity contribution < 1.29 is 37.7 Å². The summed E-state index contributed by atoms with van der Waals surface area (Å²) in [5.74, 6) is -1.49. The number of esters is 3. The molecular weight excluding hydrogens is 502 g/mol. The van der Waals surface area contributed by atoms with E-state index in [1.807, 2.05) is 18.2 Å². The van der Waals surface area contributed by atoms with Gasteiger partial charge in [-0.1, -0.05) is 18.2 Å². The van der Waals surface area contributed by atoms with Crippen LogP contribution in [0, 0.1) is 0 Å². The van der Waals surface area contributed by atoms with E-state index in [2.05, 4.69) is 4.98 Å². The van der Waals surface area contributed by atoms with Crippen molar-refractivity contribution in [2.24, 2.45) is 0 Å². The summed E-state index contributed by atoms with van der Waals surface area (Å²) in [5, 5.41) is 0. The van der Waals surface area contributed by atoms with Gasteiger partial charge in [-0.15, -0.1) is 0 Å². The quantitative estimate of drug-likeness (QED) is 0.304. The molecule has 0 unspecified atom stereocenters. The Morgan fingerprint density at radius 1 is 0.947 bits per heavy atom. The molecule has 1 aliphatic heterocycles. The van der Waals surface area contributed by atoms with Crippen molar-refractivity contribution in [2.45, 2.75) is 51.9 Å². The van der Waals surface area contributed by atoms with Crippen LogP contribution in [0.3, 0.4) is 0 Å². The number of hydrogen-bond acceptors (Lipinski definition) is 11. The summed E-state index contributed by atoms with van der Waals surface area (Å²) < 4.78 is 29.2. The number of carbonyl (C=O) groups excluding carboxylic acids is 3. The highest BCUT2D eigenvalue weighted by Gasteiger charge is 2.51. The van der Waals surface area contributed by atoms with Crippen molar-refractivity contribution in [2.75, 3.05) is 6.61 Å². The van der Waals surface area contributed by atoms with Crippen LogP contribution in [0.2, 0.25) is 0 Å². The van der Waals surface area contributed by atoms with Crippen LogP contribution in [-0.2, 0) is 39.9 Å². The van der Waals surface area contributed by atoms with Crippen LogP contribution in [-0.4, -0.2) is 56.9 Å². The van der Waals surface area contributed by atoms with Gasteiger partial charge in [0.2, 0.25) is 5.89 Å². The third-order valence-electron chi connectivity index (χ3n) is 5.60. The summed E-state index contributed by atoms with van der Waals surface area (Å²) in [6.07, 6.45) is -2.27. The molecule has 1 aromatic carbocycles. The molecule has 0 aliphatic carbocycles. The minimum Gasteiger partial charge on any atom is -0.463 e. The number of rotatable bonds is 8. The largest absolute Gasteiger partial charge is 0.463 e. The van der Waals surface area contributed by atoms with Gasteiger partial charge in [-0.3, -0.25) is 28.3 Å². The Morgan fingerprint density at radius 3 is 2.29 bits per heavy atom. The molecule has 3 heterocycles. The zero-order valence-electron chi connectivity index (χ0n) is 20.8. The van der Waals surface area contributed by atoms with Crippen LogP contribution in [0.25, 0.3) is 11.5 Å². The number of aromatic nitrogens is 3. The lowest BCUT2D eigenvalue weighted by atomic mass is 10.1. The van der Waals surface area contributed by atoms with Crippen LogP contribution in [0.4, 0.5) is 0 Å². The zero-order chi connectivity index (χ0) is 27.4. The summed E-state index contributed by atoms with van der Waals surface area (Å²) in [4.78, 5) is 65.3. The number of ether oxygens (including phenoxy) is 4. The molecule has 1 aliphatic rings. The fourth-order valence-electron chi connectivity index (χ4n) is 4.04. The maximum atomic E-state index is 13.4. The molecule has 0 amide bonds. The molecule has 13 nitrogen and oxygen atoms in total. The number of nitrogens with zero attached hydrogens (tertiary/aromatic N) is 3. The lowest BCUT2D eigenvalue weighted by molar-refractivity contribution is -0.166. The van der Waals surface area contributed by atoms with Gasteiger partial charge >= 0.3 is 23.6 Å². The monoisotopic (exact) mass is 527 g/mol. The molecule has 0 saturated carbocycles. The van der Waals surface area contributed by atoms with E-state index in [1.165, 1.54) is 19.3 Å². The Bertz CT molecular complexity index is 1440. The van der Waals surface area contributed by atoms with Crippen LogP contribution in [0.5, 0.6) is 0 Å². The molecule has 0 N–H and O–H groups in total. The lowest BCUT2D eigenvalue weighted by Crippen LogP contribution is -2.45. The first kappa shape index (κ1) is 26.5. The normalized spacial score (nSPS) is 20.6. The van der Waals surface area contributed by atoms with E-state index in [0.717, 1.165) is 34.6 Å². The molecule has 0 spiro atoms. The van der Waals surface area contributed by atoms with Crippen LogP contribution in [0.15, 0.2) is 62.8 Å². The molecule has 38 heavy (non-hydrogen) atoms. The van der Waals surface area contributed by atoms with Crippen molar-refractivity contribution in [3.05, 3.63) is 75.4 Å². The molecule has 2 aromatic heterocycles. The van der Waals surface area contributed by atoms with Crippen LogP contribution in [0.1, 0.15) is 32.8 Å². The maximum Gasteiger partial charge on any atom is 0.333 e. The van der Waals surface area contributed by atoms with E-state index < -0.39 is 53.7 Å². The number of oxazole rings is 1. The van der Waals surface area contributed by atoms with E-state index in [4.69, 9.17) is 23.4 Å². The highest BCUT2D eigenvalue weighted by molar-refractivity contribution is 5.68. The Hall–Kier alpha value is -4.52. The van der Waals surface area contributed by atoms with Crippen molar-refractivity contribution >= 4 is 17.9 Å². The van der Waals surface area contributed by atoms with E-state index in [1.54, 1.807) is 12.1 Å². The Labute approximate surface area is 215 Å². The fraction of sp³-hybridized carbons (Fsp3) is 0.360. The summed E-state index contributed by atoms with van der Waals surface area (Å²) in [7, 11) is 0. The predicted molar refractivity (Wildman–Crippen MR) is 128 cm³/mol. The van der Waals surface area contributed by atoms with Gasteiger partial charge in [0.1, 0.15) is 18.5 Å². The predicted octanol–water partition coefficient (Wildman–Crippen LogP) is 1.04. The zero-order valence-corrected chi connectivity index (χ0v) is 20.8. The second-order valence-corrected chi connectivity index (χ2v) is 8.44. The fourth-order valence-corrected chi connectivity index (χ4v) is 4.04. The summed E-state index contributed by atoms with van der Waals surface area (Å²) >= 11 is 0. The molecule has 3 aromatic rings. The Morgan fingerprint density at radius 2 is 1.63 bits per heavy atom. The minimum absolute atomic E-state index is 0.243. The molecule has 200 valence electrons. The minimum atomic E-state index is -1.31. The van der Waals surface area contributed by atoms with Gasteiger partial charge in [0, 0.05) is 38.6 Å². The Balaban J connectivity index is 1.68. The molecule has 4 rings (SSSR count). The van der Waals surface area contributed by atoms with E-state index in [-0.39, 0.29) is 18.9 Å². The van der Waals surface area contributed by atoms with E-state index >= 15 is 0 Å². The lowest BCUT2D eigenvalue weighted by Gasteiger charge is -2.24. The molecule has 1 saturated heterocycles. The molecule has 0 radical (unpaired) electrons. The van der Waals surface area contributed by atoms with Crippen molar-refractivity contribution in [1.82, 2.24) is 14.1 Å². The van der Waals surface area contributed by atoms with E-state index in [0.29, 0.717) is 5.89 Å². The average molecular weight is 527 g/mol. The van der Waals surface area contributed by atoms with Crippen LogP contribution < -0.4 is 11.2 Å². The van der Waals surface area contributed by atoms with Crippen LogP contribution >= 0.6 is 0 Å². The third-order valence-corrected chi connectivity index (χ3v) is 5.60. The van der Waals surface area contributed by atoms with Gasteiger partial charge in [-0.05, 0) is 12.1 Å². The SMILES string of the molecule is CC(=O)OC[C@H]1O[C@@H](n2ccc(=O)n(Cc3cnc(-c4ccccc4)o3)c2=O)[C@H](OC(C)=O)[C@H]1OC(C)=O. The molecule has 1 fully saturated rings. The molecule has 13 heteroatoms. The first-order valence-electron chi connectivity index (χ1n) is 11.6. The third kappa shape index (κ3) is 5.89. The maximum absolute atomic E-state index is 13.4. The summed E-state index contributed by atoms with van der Waals surface area (Å²) in [6, 6.07) is 10.2. The summed E-state index contributed by atoms with van der Waals surface area (Å²) in [6.45, 7) is 2.89. The van der Waals surface area contributed by atoms with Gasteiger partial charge in [0.25, 0.3) is 5.56 Å². The van der Waals surface area contributed by atoms with Crippen molar-refractivity contribution in [3.8, 4) is 11.5 Å².